The van der Waals surface area contributed by atoms with E-state index in [1.54, 1.807) is 31.7 Å². The molecule has 2 aromatic rings. The van der Waals surface area contributed by atoms with Crippen molar-refractivity contribution in [3.63, 3.8) is 0 Å². The number of carbonyl (C=O) groups is 2. The third kappa shape index (κ3) is 5.86. The SMILES string of the molecule is COc1ccc(C(=O)Nc2cccc(CN3CCCC3=O)c2)cc1S(=O)(=O)NC(C)(C)C. The molecule has 1 fully saturated rings. The van der Waals surface area contributed by atoms with Crippen LogP contribution < -0.4 is 14.8 Å². The van der Waals surface area contributed by atoms with Crippen LogP contribution in [0.1, 0.15) is 49.5 Å². The lowest BCUT2D eigenvalue weighted by atomic mass is 10.1. The highest BCUT2D eigenvalue weighted by atomic mass is 32.2. The molecule has 0 spiro atoms. The van der Waals surface area contributed by atoms with Gasteiger partial charge >= 0.3 is 0 Å². The van der Waals surface area contributed by atoms with Crippen LogP contribution in [0.3, 0.4) is 0 Å². The summed E-state index contributed by atoms with van der Waals surface area (Å²) in [6, 6.07) is 11.5. The first-order valence-electron chi connectivity index (χ1n) is 10.4. The summed E-state index contributed by atoms with van der Waals surface area (Å²) >= 11 is 0. The Bertz CT molecular complexity index is 1120. The van der Waals surface area contributed by atoms with Gasteiger partial charge in [0, 0.05) is 36.3 Å². The monoisotopic (exact) mass is 459 g/mol. The molecule has 9 heteroatoms. The Morgan fingerprint density at radius 3 is 2.53 bits per heavy atom. The fraction of sp³-hybridized carbons (Fsp3) is 0.391. The van der Waals surface area contributed by atoms with Gasteiger partial charge in [0.1, 0.15) is 10.6 Å². The third-order valence-corrected chi connectivity index (χ3v) is 6.66. The molecule has 2 amide bonds. The second-order valence-electron chi connectivity index (χ2n) is 8.79. The normalized spacial score (nSPS) is 14.5. The Kier molecular flexibility index (Phi) is 6.90. The molecule has 2 aromatic carbocycles. The van der Waals surface area contributed by atoms with Crippen molar-refractivity contribution in [2.24, 2.45) is 0 Å². The second kappa shape index (κ2) is 9.30. The number of carbonyl (C=O) groups excluding carboxylic acids is 2. The van der Waals surface area contributed by atoms with Gasteiger partial charge in [0.15, 0.2) is 0 Å². The summed E-state index contributed by atoms with van der Waals surface area (Å²) in [6.45, 7) is 6.43. The lowest BCUT2D eigenvalue weighted by Gasteiger charge is -2.21. The first-order valence-corrected chi connectivity index (χ1v) is 11.9. The van der Waals surface area contributed by atoms with E-state index in [-0.39, 0.29) is 22.1 Å². The first kappa shape index (κ1) is 23.7. The second-order valence-corrected chi connectivity index (χ2v) is 10.4. The summed E-state index contributed by atoms with van der Waals surface area (Å²) in [7, 11) is -2.53. The van der Waals surface area contributed by atoms with Crippen LogP contribution >= 0.6 is 0 Å². The Balaban J connectivity index is 1.81. The zero-order chi connectivity index (χ0) is 23.5. The van der Waals surface area contributed by atoms with Crippen molar-refractivity contribution in [1.82, 2.24) is 9.62 Å². The van der Waals surface area contributed by atoms with Gasteiger partial charge in [-0.05, 0) is 63.1 Å². The van der Waals surface area contributed by atoms with E-state index in [1.165, 1.54) is 25.3 Å². The van der Waals surface area contributed by atoms with Crippen LogP contribution in [0.2, 0.25) is 0 Å². The number of benzene rings is 2. The van der Waals surface area contributed by atoms with Gasteiger partial charge in [-0.15, -0.1) is 0 Å². The largest absolute Gasteiger partial charge is 0.495 e. The van der Waals surface area contributed by atoms with Gasteiger partial charge in [0.05, 0.1) is 7.11 Å². The molecule has 1 heterocycles. The first-order chi connectivity index (χ1) is 15.0. The van der Waals surface area contributed by atoms with Gasteiger partial charge < -0.3 is 15.0 Å². The molecule has 0 unspecified atom stereocenters. The van der Waals surface area contributed by atoms with E-state index in [4.69, 9.17) is 4.74 Å². The Hall–Kier alpha value is -2.91. The van der Waals surface area contributed by atoms with E-state index in [9.17, 15) is 18.0 Å². The van der Waals surface area contributed by atoms with E-state index in [2.05, 4.69) is 10.0 Å². The Labute approximate surface area is 189 Å². The van der Waals surface area contributed by atoms with E-state index in [1.807, 2.05) is 18.2 Å². The van der Waals surface area contributed by atoms with Crippen LogP contribution in [0.15, 0.2) is 47.4 Å². The minimum absolute atomic E-state index is 0.108. The molecule has 0 bridgehead atoms. The van der Waals surface area contributed by atoms with Gasteiger partial charge in [0.2, 0.25) is 15.9 Å². The summed E-state index contributed by atoms with van der Waals surface area (Å²) in [5, 5.41) is 2.80. The molecule has 0 atom stereocenters. The molecule has 0 aromatic heterocycles. The number of hydrogen-bond donors (Lipinski definition) is 2. The molecule has 8 nitrogen and oxygen atoms in total. The molecule has 1 aliphatic heterocycles. The number of amides is 2. The van der Waals surface area contributed by atoms with Gasteiger partial charge in [-0.3, -0.25) is 9.59 Å². The maximum atomic E-state index is 12.9. The number of nitrogens with one attached hydrogen (secondary N) is 2. The van der Waals surface area contributed by atoms with Gasteiger partial charge in [-0.25, -0.2) is 13.1 Å². The van der Waals surface area contributed by atoms with Crippen LogP contribution in [0, 0.1) is 0 Å². The topological polar surface area (TPSA) is 105 Å². The van der Waals surface area contributed by atoms with Gasteiger partial charge in [-0.2, -0.15) is 0 Å². The number of methoxy groups -OCH3 is 1. The smallest absolute Gasteiger partial charge is 0.255 e. The van der Waals surface area contributed by atoms with E-state index < -0.39 is 21.5 Å². The highest BCUT2D eigenvalue weighted by Gasteiger charge is 2.26. The average molecular weight is 460 g/mol. The van der Waals surface area contributed by atoms with E-state index >= 15 is 0 Å². The number of hydrogen-bond acceptors (Lipinski definition) is 5. The lowest BCUT2D eigenvalue weighted by Crippen LogP contribution is -2.40. The molecule has 0 radical (unpaired) electrons. The van der Waals surface area contributed by atoms with Crippen molar-refractivity contribution in [2.45, 2.75) is 50.6 Å². The van der Waals surface area contributed by atoms with Crippen molar-refractivity contribution in [3.05, 3.63) is 53.6 Å². The number of sulfonamides is 1. The summed E-state index contributed by atoms with van der Waals surface area (Å²) in [6.07, 6.45) is 1.44. The molecule has 0 aliphatic carbocycles. The van der Waals surface area contributed by atoms with Crippen LogP contribution in [-0.2, 0) is 21.4 Å². The molecule has 3 rings (SSSR count). The average Bonchev–Trinajstić information content (AvgIpc) is 3.10. The van der Waals surface area contributed by atoms with Crippen molar-refractivity contribution in [1.29, 1.82) is 0 Å². The van der Waals surface area contributed by atoms with Crippen LogP contribution in [0.25, 0.3) is 0 Å². The van der Waals surface area contributed by atoms with Crippen LogP contribution in [0.5, 0.6) is 5.75 Å². The highest BCUT2D eigenvalue weighted by Crippen LogP contribution is 2.27. The minimum Gasteiger partial charge on any atom is -0.495 e. The van der Waals surface area contributed by atoms with E-state index in [0.29, 0.717) is 18.7 Å². The van der Waals surface area contributed by atoms with Gasteiger partial charge in [-0.1, -0.05) is 12.1 Å². The number of anilines is 1. The van der Waals surface area contributed by atoms with Crippen molar-refractivity contribution in [2.75, 3.05) is 19.0 Å². The zero-order valence-corrected chi connectivity index (χ0v) is 19.6. The predicted octanol–water partition coefficient (Wildman–Crippen LogP) is 3.15. The lowest BCUT2D eigenvalue weighted by molar-refractivity contribution is -0.128. The van der Waals surface area contributed by atoms with Crippen molar-refractivity contribution < 1.29 is 22.7 Å². The maximum absolute atomic E-state index is 12.9. The number of rotatable bonds is 7. The molecule has 2 N–H and O–H groups in total. The summed E-state index contributed by atoms with van der Waals surface area (Å²) in [5.41, 5.74) is 0.956. The van der Waals surface area contributed by atoms with Crippen LogP contribution in [-0.4, -0.2) is 44.3 Å². The van der Waals surface area contributed by atoms with Crippen molar-refractivity contribution >= 4 is 27.5 Å². The Morgan fingerprint density at radius 2 is 1.91 bits per heavy atom. The highest BCUT2D eigenvalue weighted by molar-refractivity contribution is 7.89. The molecule has 172 valence electrons. The zero-order valence-electron chi connectivity index (χ0n) is 18.8. The standard InChI is InChI=1S/C23H29N3O5S/c1-23(2,3)25-32(29,30)20-14-17(10-11-19(20)31-4)22(28)24-18-8-5-7-16(13-18)15-26-12-6-9-21(26)27/h5,7-8,10-11,13-14,25H,6,9,12,15H2,1-4H3,(H,24,28). The predicted molar refractivity (Wildman–Crippen MR) is 122 cm³/mol. The van der Waals surface area contributed by atoms with Crippen molar-refractivity contribution in [3.8, 4) is 5.75 Å². The third-order valence-electron chi connectivity index (χ3n) is 4.89. The van der Waals surface area contributed by atoms with Crippen LogP contribution in [0.4, 0.5) is 5.69 Å². The molecule has 1 aliphatic rings. The quantitative estimate of drug-likeness (QED) is 0.662. The molecule has 32 heavy (non-hydrogen) atoms. The molecular weight excluding hydrogens is 430 g/mol. The summed E-state index contributed by atoms with van der Waals surface area (Å²) in [4.78, 5) is 26.4. The minimum atomic E-state index is -3.91. The summed E-state index contributed by atoms with van der Waals surface area (Å²) in [5.74, 6) is -0.167. The molecule has 1 saturated heterocycles. The van der Waals surface area contributed by atoms with Gasteiger partial charge in [0.25, 0.3) is 5.91 Å². The molecule has 0 saturated carbocycles. The summed E-state index contributed by atoms with van der Waals surface area (Å²) < 4.78 is 33.5. The number of ether oxygens (including phenoxy) is 1. The number of likely N-dealkylation sites (tertiary alicyclic amines) is 1. The number of nitrogens with zero attached hydrogens (tertiary/aromatic N) is 1. The Morgan fingerprint density at radius 1 is 1.16 bits per heavy atom. The fourth-order valence-electron chi connectivity index (χ4n) is 3.53. The maximum Gasteiger partial charge on any atom is 0.255 e. The molecular formula is C23H29N3O5S. The van der Waals surface area contributed by atoms with E-state index in [0.717, 1.165) is 18.5 Å². The fourth-order valence-corrected chi connectivity index (χ4v) is 5.14.